The molecule has 3 heteroatoms. The highest BCUT2D eigenvalue weighted by Crippen LogP contribution is 2.24. The Kier molecular flexibility index (Phi) is 4.04. The van der Waals surface area contributed by atoms with Crippen molar-refractivity contribution in [3.05, 3.63) is 59.7 Å². The van der Waals surface area contributed by atoms with Gasteiger partial charge in [-0.15, -0.1) is 0 Å². The van der Waals surface area contributed by atoms with Gasteiger partial charge in [0.2, 0.25) is 0 Å². The smallest absolute Gasteiger partial charge is 0.115 e. The summed E-state index contributed by atoms with van der Waals surface area (Å²) in [6, 6.07) is 16.9. The van der Waals surface area contributed by atoms with E-state index in [1.54, 1.807) is 24.3 Å². The fourth-order valence-electron chi connectivity index (χ4n) is 1.97. The van der Waals surface area contributed by atoms with Crippen LogP contribution < -0.4 is 5.32 Å². The van der Waals surface area contributed by atoms with Gasteiger partial charge in [-0.25, -0.2) is 0 Å². The topological polar surface area (TPSA) is 56.0 Å². The number of nitrogens with zero attached hydrogens (tertiary/aromatic N) is 1. The van der Waals surface area contributed by atoms with Gasteiger partial charge in [0.15, 0.2) is 0 Å². The number of phenols is 1. The number of nitriles is 1. The Morgan fingerprint density at radius 3 is 2.26 bits per heavy atom. The van der Waals surface area contributed by atoms with Crippen LogP contribution in [0.3, 0.4) is 0 Å². The maximum absolute atomic E-state index is 9.31. The highest BCUT2D eigenvalue weighted by atomic mass is 16.3. The van der Waals surface area contributed by atoms with Crippen molar-refractivity contribution in [2.24, 2.45) is 0 Å². The molecule has 0 aliphatic heterocycles. The third-order valence-electron chi connectivity index (χ3n) is 3.06. The zero-order chi connectivity index (χ0) is 13.7. The standard InChI is InChI=1S/C16H16N2O/c1-2-16(13-5-9-15(19)10-6-13)18-14-7-3-12(11-17)4-8-14/h3-10,16,18-19H,2H2,1H3. The number of hydrogen-bond acceptors (Lipinski definition) is 3. The lowest BCUT2D eigenvalue weighted by molar-refractivity contribution is 0.475. The van der Waals surface area contributed by atoms with Crippen LogP contribution in [-0.4, -0.2) is 5.11 Å². The third kappa shape index (κ3) is 3.26. The molecule has 0 saturated carbocycles. The monoisotopic (exact) mass is 252 g/mol. The van der Waals surface area contributed by atoms with Gasteiger partial charge in [-0.1, -0.05) is 19.1 Å². The van der Waals surface area contributed by atoms with Gasteiger partial charge in [0, 0.05) is 5.69 Å². The van der Waals surface area contributed by atoms with Crippen molar-refractivity contribution in [1.82, 2.24) is 0 Å². The van der Waals surface area contributed by atoms with Crippen LogP contribution in [-0.2, 0) is 0 Å². The highest BCUT2D eigenvalue weighted by molar-refractivity contribution is 5.49. The van der Waals surface area contributed by atoms with Crippen molar-refractivity contribution in [3.8, 4) is 11.8 Å². The Morgan fingerprint density at radius 2 is 1.74 bits per heavy atom. The van der Waals surface area contributed by atoms with Gasteiger partial charge < -0.3 is 10.4 Å². The molecule has 0 saturated heterocycles. The maximum atomic E-state index is 9.31. The quantitative estimate of drug-likeness (QED) is 0.869. The Bertz CT molecular complexity index is 567. The van der Waals surface area contributed by atoms with Crippen LogP contribution in [0.1, 0.15) is 30.5 Å². The molecule has 1 unspecified atom stereocenters. The summed E-state index contributed by atoms with van der Waals surface area (Å²) in [7, 11) is 0. The Hall–Kier alpha value is -2.47. The SMILES string of the molecule is CCC(Nc1ccc(C#N)cc1)c1ccc(O)cc1. The van der Waals surface area contributed by atoms with E-state index in [1.807, 2.05) is 24.3 Å². The average Bonchev–Trinajstić information content (AvgIpc) is 2.46. The second-order valence-electron chi connectivity index (χ2n) is 4.39. The Labute approximate surface area is 113 Å². The van der Waals surface area contributed by atoms with Gasteiger partial charge in [-0.2, -0.15) is 5.26 Å². The fraction of sp³-hybridized carbons (Fsp3) is 0.188. The zero-order valence-electron chi connectivity index (χ0n) is 10.8. The summed E-state index contributed by atoms with van der Waals surface area (Å²) in [6.45, 7) is 2.11. The molecule has 2 aromatic carbocycles. The lowest BCUT2D eigenvalue weighted by Gasteiger charge is -2.19. The normalized spacial score (nSPS) is 11.6. The van der Waals surface area contributed by atoms with Crippen molar-refractivity contribution in [3.63, 3.8) is 0 Å². The van der Waals surface area contributed by atoms with Crippen molar-refractivity contribution in [2.75, 3.05) is 5.32 Å². The summed E-state index contributed by atoms with van der Waals surface area (Å²) in [6.07, 6.45) is 0.935. The van der Waals surface area contributed by atoms with Crippen LogP contribution in [0.25, 0.3) is 0 Å². The van der Waals surface area contributed by atoms with Gasteiger partial charge in [-0.3, -0.25) is 0 Å². The molecule has 2 N–H and O–H groups in total. The minimum atomic E-state index is 0.188. The maximum Gasteiger partial charge on any atom is 0.115 e. The summed E-state index contributed by atoms with van der Waals surface area (Å²) in [5, 5.41) is 21.5. The first-order chi connectivity index (χ1) is 9.22. The van der Waals surface area contributed by atoms with Gasteiger partial charge >= 0.3 is 0 Å². The van der Waals surface area contributed by atoms with E-state index in [2.05, 4.69) is 18.3 Å². The molecule has 1 atom stereocenters. The van der Waals surface area contributed by atoms with E-state index in [4.69, 9.17) is 5.26 Å². The second kappa shape index (κ2) is 5.92. The van der Waals surface area contributed by atoms with E-state index in [0.29, 0.717) is 5.56 Å². The number of hydrogen-bond donors (Lipinski definition) is 2. The van der Waals surface area contributed by atoms with Crippen LogP contribution in [0.5, 0.6) is 5.75 Å². The molecule has 19 heavy (non-hydrogen) atoms. The van der Waals surface area contributed by atoms with E-state index < -0.39 is 0 Å². The number of rotatable bonds is 4. The van der Waals surface area contributed by atoms with E-state index >= 15 is 0 Å². The molecular formula is C16H16N2O. The number of nitrogens with one attached hydrogen (secondary N) is 1. The number of benzene rings is 2. The summed E-state index contributed by atoms with van der Waals surface area (Å²) in [5.41, 5.74) is 2.77. The lowest BCUT2D eigenvalue weighted by atomic mass is 10.0. The van der Waals surface area contributed by atoms with Crippen LogP contribution in [0.15, 0.2) is 48.5 Å². The second-order valence-corrected chi connectivity index (χ2v) is 4.39. The van der Waals surface area contributed by atoms with Gasteiger partial charge in [0.25, 0.3) is 0 Å². The predicted octanol–water partition coefficient (Wildman–Crippen LogP) is 3.83. The van der Waals surface area contributed by atoms with Gasteiger partial charge in [0.05, 0.1) is 17.7 Å². The Morgan fingerprint density at radius 1 is 1.11 bits per heavy atom. The van der Waals surface area contributed by atoms with Crippen LogP contribution in [0.2, 0.25) is 0 Å². The minimum Gasteiger partial charge on any atom is -0.508 e. The van der Waals surface area contributed by atoms with Crippen LogP contribution in [0.4, 0.5) is 5.69 Å². The minimum absolute atomic E-state index is 0.188. The molecule has 0 aliphatic carbocycles. The lowest BCUT2D eigenvalue weighted by Crippen LogP contribution is -2.09. The molecule has 3 nitrogen and oxygen atoms in total. The Balaban J connectivity index is 2.14. The number of phenolic OH excluding ortho intramolecular Hbond substituents is 1. The molecule has 0 amide bonds. The van der Waals surface area contributed by atoms with Gasteiger partial charge in [0.1, 0.15) is 5.75 Å². The molecular weight excluding hydrogens is 236 g/mol. The molecule has 2 rings (SSSR count). The molecule has 2 aromatic rings. The van der Waals surface area contributed by atoms with Crippen LogP contribution in [0, 0.1) is 11.3 Å². The molecule has 0 heterocycles. The van der Waals surface area contributed by atoms with Crippen molar-refractivity contribution >= 4 is 5.69 Å². The average molecular weight is 252 g/mol. The molecule has 0 bridgehead atoms. The van der Waals surface area contributed by atoms with E-state index in [-0.39, 0.29) is 11.8 Å². The van der Waals surface area contributed by atoms with Crippen molar-refractivity contribution in [2.45, 2.75) is 19.4 Å². The number of anilines is 1. The number of aromatic hydroxyl groups is 1. The van der Waals surface area contributed by atoms with Crippen molar-refractivity contribution in [1.29, 1.82) is 5.26 Å². The molecule has 0 fully saturated rings. The van der Waals surface area contributed by atoms with Gasteiger partial charge in [-0.05, 0) is 48.4 Å². The first kappa shape index (κ1) is 13.0. The summed E-state index contributed by atoms with van der Waals surface area (Å²) in [4.78, 5) is 0. The summed E-state index contributed by atoms with van der Waals surface area (Å²) >= 11 is 0. The van der Waals surface area contributed by atoms with E-state index in [0.717, 1.165) is 17.7 Å². The van der Waals surface area contributed by atoms with Crippen molar-refractivity contribution < 1.29 is 5.11 Å². The summed E-state index contributed by atoms with van der Waals surface area (Å²) < 4.78 is 0. The first-order valence-corrected chi connectivity index (χ1v) is 6.28. The molecule has 0 spiro atoms. The zero-order valence-corrected chi connectivity index (χ0v) is 10.8. The van der Waals surface area contributed by atoms with E-state index in [9.17, 15) is 5.11 Å². The predicted molar refractivity (Wildman–Crippen MR) is 75.9 cm³/mol. The molecule has 0 aliphatic rings. The molecule has 96 valence electrons. The molecule has 0 radical (unpaired) electrons. The van der Waals surface area contributed by atoms with Crippen LogP contribution >= 0.6 is 0 Å². The highest BCUT2D eigenvalue weighted by Gasteiger charge is 2.08. The fourth-order valence-corrected chi connectivity index (χ4v) is 1.97. The molecule has 0 aromatic heterocycles. The third-order valence-corrected chi connectivity index (χ3v) is 3.06. The largest absolute Gasteiger partial charge is 0.508 e. The van der Waals surface area contributed by atoms with E-state index in [1.165, 1.54) is 0 Å². The summed E-state index contributed by atoms with van der Waals surface area (Å²) in [5.74, 6) is 0.275. The first-order valence-electron chi connectivity index (χ1n) is 6.28.